The Morgan fingerprint density at radius 2 is 1.66 bits per heavy atom. The second-order valence-electron chi connectivity index (χ2n) is 15.8. The van der Waals surface area contributed by atoms with Gasteiger partial charge in [-0.15, -0.1) is 11.3 Å². The van der Waals surface area contributed by atoms with Gasteiger partial charge in [-0.3, -0.25) is 19.2 Å². The third-order valence-electron chi connectivity index (χ3n) is 10.5. The number of rotatable bonds is 15. The van der Waals surface area contributed by atoms with Crippen molar-refractivity contribution >= 4 is 50.9 Å². The van der Waals surface area contributed by atoms with Crippen molar-refractivity contribution in [1.29, 1.82) is 0 Å². The average molecular weight is 737 g/mol. The first kappa shape index (κ1) is 39.7. The van der Waals surface area contributed by atoms with E-state index in [1.807, 2.05) is 34.6 Å². The fourth-order valence-corrected chi connectivity index (χ4v) is 9.79. The fraction of sp³-hybridized carbons (Fsp3) is 0.743. The minimum Gasteiger partial charge on any atom is -0.363 e. The van der Waals surface area contributed by atoms with Gasteiger partial charge in [0.05, 0.1) is 6.04 Å². The molecule has 4 rings (SSSR count). The zero-order valence-corrected chi connectivity index (χ0v) is 31.9. The van der Waals surface area contributed by atoms with E-state index in [0.717, 1.165) is 56.3 Å². The Bertz CT molecular complexity index is 1480. The standard InChI is InChI=1S/C35H56N6O7S2/c1-21(2)24-16-17-41(28(24)32(44)37-25(19-22-14-15-22)29(42)31(36)43)33(45)30(35(3,4)5)39-34(46)38-26(23-11-8-7-9-12-23)20-40(6)50(47,48)27-13-10-18-49-27/h10,13,18,21-26,28,30H,7-9,11-12,14-17,19-20H2,1-6H3,(H2,36,43)(H,37,44)(H2,38,39,46)/t24-,25?,26-,28+,30-/m1/s1. The van der Waals surface area contributed by atoms with Crippen LogP contribution in [0.25, 0.3) is 0 Å². The molecule has 3 aliphatic rings. The highest BCUT2D eigenvalue weighted by atomic mass is 32.2. The number of primary amides is 1. The number of carbonyl (C=O) groups excluding carboxylic acids is 5. The molecule has 1 unspecified atom stereocenters. The van der Waals surface area contributed by atoms with Gasteiger partial charge in [-0.25, -0.2) is 13.2 Å². The summed E-state index contributed by atoms with van der Waals surface area (Å²) < 4.78 is 28.1. The number of Topliss-reactive ketones (excluding diaryl/α,β-unsaturated/α-hetero) is 1. The summed E-state index contributed by atoms with van der Waals surface area (Å²) >= 11 is 1.14. The minimum atomic E-state index is -3.75. The number of hydrogen-bond acceptors (Lipinski definition) is 8. The Labute approximate surface area is 300 Å². The number of nitrogens with one attached hydrogen (secondary N) is 3. The molecule has 3 fully saturated rings. The lowest BCUT2D eigenvalue weighted by atomic mass is 9.83. The number of carbonyl (C=O) groups is 5. The molecule has 1 aromatic rings. The monoisotopic (exact) mass is 736 g/mol. The molecular weight excluding hydrogens is 681 g/mol. The van der Waals surface area contributed by atoms with Crippen molar-refractivity contribution in [1.82, 2.24) is 25.2 Å². The van der Waals surface area contributed by atoms with E-state index in [-0.39, 0.29) is 41.0 Å². The van der Waals surface area contributed by atoms with Crippen LogP contribution in [0.15, 0.2) is 21.7 Å². The van der Waals surface area contributed by atoms with E-state index in [9.17, 15) is 32.4 Å². The zero-order chi connectivity index (χ0) is 37.0. The van der Waals surface area contributed by atoms with Crippen LogP contribution in [0.2, 0.25) is 0 Å². The maximum Gasteiger partial charge on any atom is 0.315 e. The molecule has 280 valence electrons. The minimum absolute atomic E-state index is 0.0281. The zero-order valence-electron chi connectivity index (χ0n) is 30.3. The molecule has 0 radical (unpaired) electrons. The summed E-state index contributed by atoms with van der Waals surface area (Å²) in [5.74, 6) is -2.80. The van der Waals surface area contributed by atoms with Gasteiger partial charge >= 0.3 is 6.03 Å². The molecule has 0 spiro atoms. The summed E-state index contributed by atoms with van der Waals surface area (Å²) in [5, 5.41) is 10.4. The van der Waals surface area contributed by atoms with E-state index in [0.29, 0.717) is 12.8 Å². The van der Waals surface area contributed by atoms with Gasteiger partial charge in [0.25, 0.3) is 15.9 Å². The van der Waals surface area contributed by atoms with Crippen LogP contribution in [0.5, 0.6) is 0 Å². The quantitative estimate of drug-likeness (QED) is 0.199. The van der Waals surface area contributed by atoms with Crippen molar-refractivity contribution in [3.8, 4) is 0 Å². The van der Waals surface area contributed by atoms with E-state index in [4.69, 9.17) is 5.73 Å². The molecule has 13 nitrogen and oxygen atoms in total. The third kappa shape index (κ3) is 9.84. The van der Waals surface area contributed by atoms with Crippen LogP contribution in [-0.4, -0.2) is 91.5 Å². The van der Waals surface area contributed by atoms with Crippen molar-refractivity contribution in [2.24, 2.45) is 34.8 Å². The smallest absolute Gasteiger partial charge is 0.315 e. The summed E-state index contributed by atoms with van der Waals surface area (Å²) in [4.78, 5) is 68.1. The van der Waals surface area contributed by atoms with Gasteiger partial charge < -0.3 is 26.6 Å². The number of ketones is 1. The Balaban J connectivity index is 1.53. The van der Waals surface area contributed by atoms with E-state index < -0.39 is 69.1 Å². The summed E-state index contributed by atoms with van der Waals surface area (Å²) in [7, 11) is -2.23. The Hall–Kier alpha value is -3.04. The number of likely N-dealkylation sites (N-methyl/N-ethyl adjacent to an activating group) is 1. The van der Waals surface area contributed by atoms with Crippen LogP contribution in [0.4, 0.5) is 4.79 Å². The highest BCUT2D eigenvalue weighted by Crippen LogP contribution is 2.36. The van der Waals surface area contributed by atoms with E-state index in [1.54, 1.807) is 17.5 Å². The van der Waals surface area contributed by atoms with Crippen molar-refractivity contribution in [2.45, 2.75) is 121 Å². The molecule has 5 atom stereocenters. The van der Waals surface area contributed by atoms with E-state index >= 15 is 0 Å². The molecular formula is C35H56N6O7S2. The first-order chi connectivity index (χ1) is 23.4. The van der Waals surface area contributed by atoms with Crippen LogP contribution >= 0.6 is 11.3 Å². The normalized spacial score (nSPS) is 22.2. The largest absolute Gasteiger partial charge is 0.363 e. The van der Waals surface area contributed by atoms with Gasteiger partial charge in [0.2, 0.25) is 17.6 Å². The molecule has 0 aromatic carbocycles. The molecule has 1 aromatic heterocycles. The van der Waals surface area contributed by atoms with Gasteiger partial charge in [0, 0.05) is 26.2 Å². The van der Waals surface area contributed by atoms with Crippen LogP contribution in [-0.2, 0) is 29.2 Å². The molecule has 2 heterocycles. The first-order valence-electron chi connectivity index (χ1n) is 17.9. The lowest BCUT2D eigenvalue weighted by Gasteiger charge is -2.38. The molecule has 1 aliphatic heterocycles. The predicted molar refractivity (Wildman–Crippen MR) is 191 cm³/mol. The van der Waals surface area contributed by atoms with Gasteiger partial charge in [0.1, 0.15) is 16.3 Å². The summed E-state index contributed by atoms with van der Waals surface area (Å²) in [5.41, 5.74) is 4.55. The highest BCUT2D eigenvalue weighted by molar-refractivity contribution is 7.91. The number of nitrogens with zero attached hydrogens (tertiary/aromatic N) is 2. The van der Waals surface area contributed by atoms with E-state index in [1.165, 1.54) is 16.3 Å². The van der Waals surface area contributed by atoms with Crippen LogP contribution in [0.1, 0.15) is 92.4 Å². The molecule has 5 N–H and O–H groups in total. The summed E-state index contributed by atoms with van der Waals surface area (Å²) in [6.45, 7) is 9.80. The van der Waals surface area contributed by atoms with E-state index in [2.05, 4.69) is 16.0 Å². The number of amides is 5. The molecule has 5 amide bonds. The Morgan fingerprint density at radius 3 is 2.20 bits per heavy atom. The predicted octanol–water partition coefficient (Wildman–Crippen LogP) is 3.24. The number of nitrogens with two attached hydrogens (primary N) is 1. The van der Waals surface area contributed by atoms with Gasteiger partial charge in [-0.2, -0.15) is 4.31 Å². The molecule has 2 saturated carbocycles. The third-order valence-corrected chi connectivity index (χ3v) is 13.7. The van der Waals surface area contributed by atoms with Crippen molar-refractivity contribution in [3.05, 3.63) is 17.5 Å². The number of hydrogen-bond donors (Lipinski definition) is 4. The fourth-order valence-electron chi connectivity index (χ4n) is 7.39. The van der Waals surface area contributed by atoms with Crippen LogP contribution < -0.4 is 21.7 Å². The second-order valence-corrected chi connectivity index (χ2v) is 19.0. The summed E-state index contributed by atoms with van der Waals surface area (Å²) in [6, 6.07) is -0.836. The van der Waals surface area contributed by atoms with Gasteiger partial charge in [-0.05, 0) is 66.2 Å². The summed E-state index contributed by atoms with van der Waals surface area (Å²) in [6.07, 6.45) is 7.43. The number of urea groups is 1. The van der Waals surface area contributed by atoms with Crippen molar-refractivity contribution in [3.63, 3.8) is 0 Å². The molecule has 1 saturated heterocycles. The molecule has 0 bridgehead atoms. The Morgan fingerprint density at radius 1 is 1.00 bits per heavy atom. The van der Waals surface area contributed by atoms with Crippen LogP contribution in [0, 0.1) is 29.1 Å². The number of likely N-dealkylation sites (tertiary alicyclic amines) is 1. The lowest BCUT2D eigenvalue weighted by molar-refractivity contribution is -0.144. The van der Waals surface area contributed by atoms with Crippen molar-refractivity contribution in [2.75, 3.05) is 20.1 Å². The van der Waals surface area contributed by atoms with Gasteiger partial charge in [0.15, 0.2) is 0 Å². The second kappa shape index (κ2) is 16.5. The van der Waals surface area contributed by atoms with Crippen LogP contribution in [0.3, 0.4) is 0 Å². The maximum atomic E-state index is 14.4. The lowest BCUT2D eigenvalue weighted by Crippen LogP contribution is -2.62. The highest BCUT2D eigenvalue weighted by Gasteiger charge is 2.48. The molecule has 15 heteroatoms. The first-order valence-corrected chi connectivity index (χ1v) is 20.2. The van der Waals surface area contributed by atoms with Gasteiger partial charge in [-0.1, -0.05) is 72.8 Å². The molecule has 2 aliphatic carbocycles. The van der Waals surface area contributed by atoms with Crippen molar-refractivity contribution < 1.29 is 32.4 Å². The number of thiophene rings is 1. The topological polar surface area (TPSA) is 188 Å². The Kier molecular flexibility index (Phi) is 13.1. The molecule has 50 heavy (non-hydrogen) atoms. The SMILES string of the molecule is CC(C)[C@H]1CCN(C(=O)[C@@H](NC(=O)N[C@H](CN(C)S(=O)(=O)c2cccs2)C2CCCCC2)C(C)(C)C)[C@@H]1C(=O)NC(CC1CC1)C(=O)C(N)=O. The number of sulfonamides is 1. The maximum absolute atomic E-state index is 14.4. The average Bonchev–Trinajstić information content (AvgIpc) is 3.48.